The zero-order valence-corrected chi connectivity index (χ0v) is 17.4. The van der Waals surface area contributed by atoms with Gasteiger partial charge in [-0.25, -0.2) is 14.6 Å². The van der Waals surface area contributed by atoms with E-state index in [1.807, 2.05) is 0 Å². The molecule has 0 aliphatic carbocycles. The third-order valence-corrected chi connectivity index (χ3v) is 5.97. The smallest absolute Gasteiger partial charge is 0.313 e. The van der Waals surface area contributed by atoms with Gasteiger partial charge >= 0.3 is 6.03 Å². The van der Waals surface area contributed by atoms with Gasteiger partial charge in [-0.2, -0.15) is 5.26 Å². The predicted molar refractivity (Wildman–Crippen MR) is 111 cm³/mol. The lowest BCUT2D eigenvalue weighted by atomic mass is 9.80. The van der Waals surface area contributed by atoms with Crippen molar-refractivity contribution < 1.29 is 14.4 Å². The van der Waals surface area contributed by atoms with Gasteiger partial charge in [0.1, 0.15) is 0 Å². The maximum Gasteiger partial charge on any atom is 0.339 e. The summed E-state index contributed by atoms with van der Waals surface area (Å²) in [5.41, 5.74) is 0.00553. The predicted octanol–water partition coefficient (Wildman–Crippen LogP) is 3.31. The van der Waals surface area contributed by atoms with Gasteiger partial charge in [0.15, 0.2) is 5.54 Å². The lowest BCUT2D eigenvalue weighted by molar-refractivity contribution is -0.136. The first-order valence-electron chi connectivity index (χ1n) is 9.16. The zero-order chi connectivity index (χ0) is 21.6. The Labute approximate surface area is 182 Å². The van der Waals surface area contributed by atoms with Crippen molar-refractivity contribution in [1.29, 1.82) is 5.26 Å². The van der Waals surface area contributed by atoms with E-state index < -0.39 is 29.3 Å². The van der Waals surface area contributed by atoms with E-state index in [9.17, 15) is 14.4 Å². The molecular weight excluding hydrogens is 427 g/mol. The van der Waals surface area contributed by atoms with Gasteiger partial charge in [-0.05, 0) is 35.9 Å². The van der Waals surface area contributed by atoms with Crippen molar-refractivity contribution in [3.63, 3.8) is 0 Å². The minimum absolute atomic E-state index is 0.118. The highest BCUT2D eigenvalue weighted by atomic mass is 35.5. The molecule has 0 saturated carbocycles. The molecule has 1 spiro atoms. The number of nitrogens with zero attached hydrogens (tertiary/aromatic N) is 3. The molecule has 0 bridgehead atoms. The topological polar surface area (TPSA) is 93.5 Å². The molecule has 2 aliphatic rings. The molecule has 1 N–H and O–H groups in total. The van der Waals surface area contributed by atoms with E-state index in [1.54, 1.807) is 24.3 Å². The van der Waals surface area contributed by atoms with Crippen LogP contribution in [0.25, 0.3) is 0 Å². The molecule has 7 nitrogen and oxygen atoms in total. The fraction of sp³-hybridized carbons (Fsp3) is 0.238. The maximum atomic E-state index is 13.7. The van der Waals surface area contributed by atoms with Gasteiger partial charge in [0.25, 0.3) is 5.91 Å². The quantitative estimate of drug-likeness (QED) is 0.719. The number of imide groups is 2. The van der Waals surface area contributed by atoms with Crippen LogP contribution in [0, 0.1) is 11.3 Å². The summed E-state index contributed by atoms with van der Waals surface area (Å²) in [4.78, 5) is 41.5. The van der Waals surface area contributed by atoms with Crippen LogP contribution in [0.2, 0.25) is 10.0 Å². The number of carbonyl (C=O) groups excluding carboxylic acids is 3. The number of nitrogens with one attached hydrogen (secondary N) is 1. The Kier molecular flexibility index (Phi) is 5.02. The molecule has 2 atom stereocenters. The monoisotopic (exact) mass is 442 g/mol. The second kappa shape index (κ2) is 7.40. The van der Waals surface area contributed by atoms with Crippen molar-refractivity contribution in [2.24, 2.45) is 0 Å². The van der Waals surface area contributed by atoms with E-state index in [0.29, 0.717) is 12.1 Å². The van der Waals surface area contributed by atoms with Crippen molar-refractivity contribution in [1.82, 2.24) is 10.2 Å². The molecule has 4 rings (SSSR count). The van der Waals surface area contributed by atoms with Gasteiger partial charge in [-0.15, -0.1) is 0 Å². The Morgan fingerprint density at radius 1 is 1.17 bits per heavy atom. The maximum absolute atomic E-state index is 13.7. The van der Waals surface area contributed by atoms with Crippen molar-refractivity contribution in [3.8, 4) is 6.07 Å². The standard InChI is InChI=1S/C21H16Cl2N4O3/c1-12(28)27-20(30)26(17-7-15(22)6-16(23)8-17)19(29)21(27)11-25-10-18(21)14-4-2-13(9-24)3-5-14/h2-8,18,25H,10-11H2,1H3/t18-,21+/m0/s1. The molecule has 4 amide bonds. The number of nitriles is 1. The van der Waals surface area contributed by atoms with Crippen LogP contribution in [0.5, 0.6) is 0 Å². The summed E-state index contributed by atoms with van der Waals surface area (Å²) in [6, 6.07) is 12.5. The van der Waals surface area contributed by atoms with Gasteiger partial charge in [0, 0.05) is 36.0 Å². The molecule has 9 heteroatoms. The van der Waals surface area contributed by atoms with Crippen LogP contribution in [0.1, 0.15) is 24.0 Å². The second-order valence-electron chi connectivity index (χ2n) is 7.25. The Hall–Kier alpha value is -2.92. The van der Waals surface area contributed by atoms with Crippen molar-refractivity contribution in [2.45, 2.75) is 18.4 Å². The van der Waals surface area contributed by atoms with Gasteiger partial charge in [0.2, 0.25) is 5.91 Å². The van der Waals surface area contributed by atoms with Crippen LogP contribution in [0.3, 0.4) is 0 Å². The molecule has 30 heavy (non-hydrogen) atoms. The zero-order valence-electron chi connectivity index (χ0n) is 15.9. The summed E-state index contributed by atoms with van der Waals surface area (Å²) in [6.45, 7) is 1.76. The van der Waals surface area contributed by atoms with Crippen molar-refractivity contribution in [2.75, 3.05) is 18.0 Å². The van der Waals surface area contributed by atoms with Crippen LogP contribution >= 0.6 is 23.2 Å². The number of amides is 4. The molecule has 2 heterocycles. The summed E-state index contributed by atoms with van der Waals surface area (Å²) in [6.07, 6.45) is 0. The van der Waals surface area contributed by atoms with Crippen LogP contribution < -0.4 is 10.2 Å². The number of halogens is 2. The minimum Gasteiger partial charge on any atom is -0.313 e. The molecule has 2 fully saturated rings. The lowest BCUT2D eigenvalue weighted by Gasteiger charge is -2.34. The first-order chi connectivity index (χ1) is 14.3. The van der Waals surface area contributed by atoms with Crippen LogP contribution in [0.15, 0.2) is 42.5 Å². The van der Waals surface area contributed by atoms with Crippen LogP contribution in [-0.4, -0.2) is 41.4 Å². The van der Waals surface area contributed by atoms with Crippen LogP contribution in [0.4, 0.5) is 10.5 Å². The largest absolute Gasteiger partial charge is 0.339 e. The molecule has 0 aromatic heterocycles. The summed E-state index contributed by atoms with van der Waals surface area (Å²) in [5, 5.41) is 12.7. The summed E-state index contributed by atoms with van der Waals surface area (Å²) < 4.78 is 0. The number of rotatable bonds is 2. The number of hydrogen-bond acceptors (Lipinski definition) is 5. The highest BCUT2D eigenvalue weighted by molar-refractivity contribution is 6.36. The van der Waals surface area contributed by atoms with E-state index in [0.717, 1.165) is 15.4 Å². The first kappa shape index (κ1) is 20.4. The van der Waals surface area contributed by atoms with Crippen molar-refractivity contribution in [3.05, 3.63) is 63.6 Å². The summed E-state index contributed by atoms with van der Waals surface area (Å²) in [5.74, 6) is -1.54. The average molecular weight is 443 g/mol. The van der Waals surface area contributed by atoms with E-state index >= 15 is 0 Å². The number of anilines is 1. The number of benzene rings is 2. The fourth-order valence-electron chi connectivity index (χ4n) is 4.30. The van der Waals surface area contributed by atoms with E-state index in [4.69, 9.17) is 28.5 Å². The van der Waals surface area contributed by atoms with Gasteiger partial charge in [0.05, 0.1) is 17.3 Å². The summed E-state index contributed by atoms with van der Waals surface area (Å²) in [7, 11) is 0. The van der Waals surface area contributed by atoms with E-state index in [2.05, 4.69) is 11.4 Å². The van der Waals surface area contributed by atoms with Crippen molar-refractivity contribution >= 4 is 46.7 Å². The molecule has 0 unspecified atom stereocenters. The number of carbonyl (C=O) groups is 3. The second-order valence-corrected chi connectivity index (χ2v) is 8.12. The van der Waals surface area contributed by atoms with E-state index in [-0.39, 0.29) is 22.3 Å². The molecule has 152 valence electrons. The first-order valence-corrected chi connectivity index (χ1v) is 9.91. The fourth-order valence-corrected chi connectivity index (χ4v) is 4.82. The third kappa shape index (κ3) is 2.96. The van der Waals surface area contributed by atoms with E-state index in [1.165, 1.54) is 25.1 Å². The Bertz CT molecular complexity index is 1090. The Morgan fingerprint density at radius 2 is 1.80 bits per heavy atom. The molecule has 2 aliphatic heterocycles. The number of hydrogen-bond donors (Lipinski definition) is 1. The lowest BCUT2D eigenvalue weighted by Crippen LogP contribution is -2.56. The minimum atomic E-state index is -1.42. The van der Waals surface area contributed by atoms with Gasteiger partial charge < -0.3 is 5.32 Å². The third-order valence-electron chi connectivity index (χ3n) is 5.54. The molecule has 0 radical (unpaired) electrons. The Morgan fingerprint density at radius 3 is 2.37 bits per heavy atom. The Balaban J connectivity index is 1.86. The molecular formula is C21H16Cl2N4O3. The normalized spacial score (nSPS) is 23.3. The number of urea groups is 1. The van der Waals surface area contributed by atoms with Crippen LogP contribution in [-0.2, 0) is 9.59 Å². The van der Waals surface area contributed by atoms with Gasteiger partial charge in [-0.1, -0.05) is 35.3 Å². The molecule has 2 aromatic rings. The molecule has 2 saturated heterocycles. The average Bonchev–Trinajstić information content (AvgIpc) is 3.21. The molecule has 2 aromatic carbocycles. The SMILES string of the molecule is CC(=O)N1C(=O)N(c2cc(Cl)cc(Cl)c2)C(=O)[C@]12CNC[C@H]2c1ccc(C#N)cc1. The highest BCUT2D eigenvalue weighted by Crippen LogP contribution is 2.44. The highest BCUT2D eigenvalue weighted by Gasteiger charge is 2.65. The summed E-state index contributed by atoms with van der Waals surface area (Å²) >= 11 is 12.1. The van der Waals surface area contributed by atoms with Gasteiger partial charge in [-0.3, -0.25) is 9.59 Å².